The molecule has 0 aliphatic heterocycles. The highest BCUT2D eigenvalue weighted by Crippen LogP contribution is 2.28. The van der Waals surface area contributed by atoms with Crippen LogP contribution in [-0.2, 0) is 5.11 Å². The first-order chi connectivity index (χ1) is 8.33. The average molecular weight is 227 g/mol. The Morgan fingerprint density at radius 1 is 1.00 bits per heavy atom. The van der Waals surface area contributed by atoms with Gasteiger partial charge in [-0.05, 0) is 35.1 Å². The van der Waals surface area contributed by atoms with E-state index in [-0.39, 0.29) is 6.61 Å². The van der Waals surface area contributed by atoms with Crippen molar-refractivity contribution in [2.75, 3.05) is 6.61 Å². The van der Waals surface area contributed by atoms with Crippen LogP contribution in [0.15, 0.2) is 42.5 Å². The van der Waals surface area contributed by atoms with E-state index in [1.165, 1.54) is 16.3 Å². The highest BCUT2D eigenvalue weighted by molar-refractivity contribution is 5.86. The molecule has 0 saturated carbocycles. The minimum Gasteiger partial charge on any atom is -0.237 e. The largest absolute Gasteiger partial charge is 0.237 e. The van der Waals surface area contributed by atoms with E-state index < -0.39 is 0 Å². The van der Waals surface area contributed by atoms with Gasteiger partial charge in [-0.25, -0.2) is 5.11 Å². The molecule has 89 valence electrons. The Kier molecular flexibility index (Phi) is 4.16. The Bertz CT molecular complexity index is 470. The van der Waals surface area contributed by atoms with Gasteiger partial charge in [0.25, 0.3) is 0 Å². The van der Waals surface area contributed by atoms with Crippen molar-refractivity contribution in [2.45, 2.75) is 32.1 Å². The zero-order valence-corrected chi connectivity index (χ0v) is 10.4. The van der Waals surface area contributed by atoms with Crippen LogP contribution in [-0.4, -0.2) is 6.61 Å². The molecule has 0 amide bonds. The van der Waals surface area contributed by atoms with Gasteiger partial charge in [0.2, 0.25) is 0 Å². The van der Waals surface area contributed by atoms with Crippen LogP contribution in [0.1, 0.15) is 37.7 Å². The van der Waals surface area contributed by atoms with Crippen LogP contribution in [0.3, 0.4) is 0 Å². The van der Waals surface area contributed by atoms with E-state index >= 15 is 0 Å². The maximum atomic E-state index is 10.5. The predicted octanol–water partition coefficient (Wildman–Crippen LogP) is 4.54. The van der Waals surface area contributed by atoms with E-state index in [4.69, 9.17) is 0 Å². The van der Waals surface area contributed by atoms with Crippen molar-refractivity contribution in [2.24, 2.45) is 0 Å². The molecular weight excluding hydrogens is 208 g/mol. The second-order valence-corrected chi connectivity index (χ2v) is 4.67. The molecular formula is C16H19O. The fraction of sp³-hybridized carbons (Fsp3) is 0.375. The van der Waals surface area contributed by atoms with E-state index in [1.807, 2.05) is 0 Å². The summed E-state index contributed by atoms with van der Waals surface area (Å²) in [6.45, 7) is 2.31. The summed E-state index contributed by atoms with van der Waals surface area (Å²) in [6, 6.07) is 15.0. The number of hydrogen-bond donors (Lipinski definition) is 0. The standard InChI is InChI=1S/C16H19O/c1-13(7-4-5-12-17)15-11-6-9-14-8-2-3-10-16(14)15/h2-3,6,8-11,13H,4-5,7,12H2,1H3. The summed E-state index contributed by atoms with van der Waals surface area (Å²) in [5.74, 6) is 0.535. The van der Waals surface area contributed by atoms with Crippen LogP contribution in [0.5, 0.6) is 0 Å². The number of benzene rings is 2. The number of hydrogen-bond acceptors (Lipinski definition) is 0. The molecule has 1 nitrogen and oxygen atoms in total. The van der Waals surface area contributed by atoms with Gasteiger partial charge in [0.1, 0.15) is 0 Å². The van der Waals surface area contributed by atoms with Crippen molar-refractivity contribution < 1.29 is 5.11 Å². The third-order valence-corrected chi connectivity index (χ3v) is 3.39. The molecule has 1 unspecified atom stereocenters. The van der Waals surface area contributed by atoms with Crippen LogP contribution in [0.2, 0.25) is 0 Å². The molecule has 1 radical (unpaired) electrons. The maximum Gasteiger partial charge on any atom is 0.0822 e. The minimum absolute atomic E-state index is 0.0578. The van der Waals surface area contributed by atoms with E-state index in [2.05, 4.69) is 49.4 Å². The molecule has 2 aromatic rings. The van der Waals surface area contributed by atoms with E-state index in [1.54, 1.807) is 0 Å². The van der Waals surface area contributed by atoms with Crippen molar-refractivity contribution in [3.63, 3.8) is 0 Å². The third kappa shape index (κ3) is 2.86. The van der Waals surface area contributed by atoms with Crippen molar-refractivity contribution in [3.05, 3.63) is 48.0 Å². The Labute approximate surface area is 103 Å². The van der Waals surface area contributed by atoms with Gasteiger partial charge < -0.3 is 0 Å². The van der Waals surface area contributed by atoms with Crippen LogP contribution in [0, 0.1) is 0 Å². The molecule has 0 bridgehead atoms. The SMILES string of the molecule is CC(CCCC[O])c1cccc2ccccc12. The Hall–Kier alpha value is -1.34. The first-order valence-electron chi connectivity index (χ1n) is 6.38. The molecule has 0 aliphatic carbocycles. The monoisotopic (exact) mass is 227 g/mol. The van der Waals surface area contributed by atoms with Crippen LogP contribution < -0.4 is 0 Å². The van der Waals surface area contributed by atoms with E-state index in [9.17, 15) is 5.11 Å². The van der Waals surface area contributed by atoms with Gasteiger partial charge in [0.05, 0.1) is 6.61 Å². The molecule has 0 aliphatic rings. The minimum atomic E-state index is 0.0578. The fourth-order valence-electron chi connectivity index (χ4n) is 2.39. The molecule has 0 N–H and O–H groups in total. The lowest BCUT2D eigenvalue weighted by Gasteiger charge is -2.14. The molecule has 2 aromatic carbocycles. The first kappa shape index (κ1) is 12.1. The Balaban J connectivity index is 2.22. The third-order valence-electron chi connectivity index (χ3n) is 3.39. The summed E-state index contributed by atoms with van der Waals surface area (Å²) in [5.41, 5.74) is 1.41. The summed E-state index contributed by atoms with van der Waals surface area (Å²) in [5, 5.41) is 13.1. The highest BCUT2D eigenvalue weighted by Gasteiger charge is 2.08. The molecule has 2 rings (SSSR count). The van der Waals surface area contributed by atoms with Crippen molar-refractivity contribution in [3.8, 4) is 0 Å². The topological polar surface area (TPSA) is 19.9 Å². The van der Waals surface area contributed by atoms with Crippen molar-refractivity contribution in [1.29, 1.82) is 0 Å². The van der Waals surface area contributed by atoms with Crippen LogP contribution >= 0.6 is 0 Å². The molecule has 0 saturated heterocycles. The van der Waals surface area contributed by atoms with Gasteiger partial charge in [-0.3, -0.25) is 0 Å². The fourth-order valence-corrected chi connectivity index (χ4v) is 2.39. The molecule has 0 fully saturated rings. The summed E-state index contributed by atoms with van der Waals surface area (Å²) >= 11 is 0. The van der Waals surface area contributed by atoms with E-state index in [0.717, 1.165) is 19.3 Å². The van der Waals surface area contributed by atoms with Gasteiger partial charge in [-0.15, -0.1) is 0 Å². The molecule has 0 aromatic heterocycles. The maximum absolute atomic E-state index is 10.5. The number of unbranched alkanes of at least 4 members (excludes halogenated alkanes) is 1. The lowest BCUT2D eigenvalue weighted by Crippen LogP contribution is -1.95. The smallest absolute Gasteiger partial charge is 0.0822 e. The Morgan fingerprint density at radius 3 is 2.59 bits per heavy atom. The average Bonchev–Trinajstić information content (AvgIpc) is 2.38. The summed E-state index contributed by atoms with van der Waals surface area (Å²) in [6.07, 6.45) is 2.94. The van der Waals surface area contributed by atoms with Gasteiger partial charge in [0.15, 0.2) is 0 Å². The molecule has 1 atom stereocenters. The number of rotatable bonds is 5. The van der Waals surface area contributed by atoms with Crippen LogP contribution in [0.4, 0.5) is 0 Å². The summed E-state index contributed by atoms with van der Waals surface area (Å²) in [7, 11) is 0. The summed E-state index contributed by atoms with van der Waals surface area (Å²) < 4.78 is 0. The van der Waals surface area contributed by atoms with Gasteiger partial charge >= 0.3 is 0 Å². The highest BCUT2D eigenvalue weighted by atomic mass is 16.2. The quantitative estimate of drug-likeness (QED) is 0.668. The number of fused-ring (bicyclic) bond motifs is 1. The zero-order valence-electron chi connectivity index (χ0n) is 10.4. The summed E-state index contributed by atoms with van der Waals surface area (Å²) in [4.78, 5) is 0. The van der Waals surface area contributed by atoms with Gasteiger partial charge in [0, 0.05) is 0 Å². The van der Waals surface area contributed by atoms with Crippen LogP contribution in [0.25, 0.3) is 10.8 Å². The molecule has 0 heterocycles. The van der Waals surface area contributed by atoms with E-state index in [0.29, 0.717) is 5.92 Å². The lowest BCUT2D eigenvalue weighted by molar-refractivity contribution is 0.185. The normalized spacial score (nSPS) is 12.8. The zero-order chi connectivity index (χ0) is 12.1. The lowest BCUT2D eigenvalue weighted by atomic mass is 9.91. The van der Waals surface area contributed by atoms with Gasteiger partial charge in [-0.2, -0.15) is 0 Å². The van der Waals surface area contributed by atoms with Crippen molar-refractivity contribution >= 4 is 10.8 Å². The second kappa shape index (κ2) is 5.83. The first-order valence-corrected chi connectivity index (χ1v) is 6.38. The Morgan fingerprint density at radius 2 is 1.76 bits per heavy atom. The van der Waals surface area contributed by atoms with Crippen molar-refractivity contribution in [1.82, 2.24) is 0 Å². The molecule has 17 heavy (non-hydrogen) atoms. The predicted molar refractivity (Wildman–Crippen MR) is 71.8 cm³/mol. The molecule has 0 spiro atoms. The molecule has 1 heteroatoms. The second-order valence-electron chi connectivity index (χ2n) is 4.67. The van der Waals surface area contributed by atoms with Gasteiger partial charge in [-0.1, -0.05) is 55.8 Å².